The average molecular weight is 293 g/mol. The van der Waals surface area contributed by atoms with Gasteiger partial charge < -0.3 is 9.33 Å². The van der Waals surface area contributed by atoms with Crippen molar-refractivity contribution in [2.75, 3.05) is 18.1 Å². The number of rotatable bonds is 4. The zero-order chi connectivity index (χ0) is 14.8. The van der Waals surface area contributed by atoms with Gasteiger partial charge in [0.1, 0.15) is 0 Å². The smallest absolute Gasteiger partial charge is 0.225 e. The predicted octanol–water partition coefficient (Wildman–Crippen LogP) is 3.47. The van der Waals surface area contributed by atoms with Crippen molar-refractivity contribution in [3.63, 3.8) is 0 Å². The van der Waals surface area contributed by atoms with E-state index < -0.39 is 8.32 Å². The second kappa shape index (κ2) is 5.82. The summed E-state index contributed by atoms with van der Waals surface area (Å²) in [4.78, 5) is 11.0. The molecule has 0 aliphatic carbocycles. The van der Waals surface area contributed by atoms with Gasteiger partial charge in [-0.2, -0.15) is 0 Å². The predicted molar refractivity (Wildman–Crippen MR) is 85.5 cm³/mol. The van der Waals surface area contributed by atoms with E-state index in [4.69, 9.17) is 4.43 Å². The lowest BCUT2D eigenvalue weighted by atomic mass is 10.2. The van der Waals surface area contributed by atoms with Gasteiger partial charge in [0.15, 0.2) is 8.32 Å². The molecule has 1 aromatic heterocycles. The molecule has 1 atom stereocenters. The Morgan fingerprint density at radius 1 is 1.30 bits per heavy atom. The molecule has 0 aromatic carbocycles. The first-order valence-corrected chi connectivity index (χ1v) is 10.4. The Morgan fingerprint density at radius 2 is 1.95 bits per heavy atom. The van der Waals surface area contributed by atoms with Crippen LogP contribution >= 0.6 is 0 Å². The Labute approximate surface area is 123 Å². The number of hydrogen-bond donors (Lipinski definition) is 0. The van der Waals surface area contributed by atoms with Crippen LogP contribution in [0.25, 0.3) is 0 Å². The monoisotopic (exact) mass is 293 g/mol. The Hall–Kier alpha value is -0.943. The lowest BCUT2D eigenvalue weighted by Crippen LogP contribution is -2.45. The van der Waals surface area contributed by atoms with Crippen LogP contribution in [-0.2, 0) is 4.43 Å². The zero-order valence-corrected chi connectivity index (χ0v) is 14.4. The highest BCUT2D eigenvalue weighted by Gasteiger charge is 2.38. The molecule has 0 N–H and O–H groups in total. The summed E-state index contributed by atoms with van der Waals surface area (Å²) in [6.07, 6.45) is 6.00. The molecule has 0 bridgehead atoms. The van der Waals surface area contributed by atoms with Crippen molar-refractivity contribution in [2.45, 2.75) is 57.8 Å². The first-order valence-electron chi connectivity index (χ1n) is 7.49. The van der Waals surface area contributed by atoms with Crippen molar-refractivity contribution in [1.82, 2.24) is 9.97 Å². The molecule has 1 fully saturated rings. The van der Waals surface area contributed by atoms with Gasteiger partial charge in [0.05, 0.1) is 12.6 Å². The highest BCUT2D eigenvalue weighted by Crippen LogP contribution is 2.37. The van der Waals surface area contributed by atoms with Crippen LogP contribution in [0.2, 0.25) is 18.1 Å². The molecule has 2 heterocycles. The van der Waals surface area contributed by atoms with E-state index >= 15 is 0 Å². The fourth-order valence-electron chi connectivity index (χ4n) is 2.23. The van der Waals surface area contributed by atoms with Gasteiger partial charge >= 0.3 is 0 Å². The van der Waals surface area contributed by atoms with E-state index in [0.29, 0.717) is 6.04 Å². The van der Waals surface area contributed by atoms with Gasteiger partial charge in [-0.3, -0.25) is 0 Å². The Morgan fingerprint density at radius 3 is 2.55 bits per heavy atom. The van der Waals surface area contributed by atoms with Crippen LogP contribution < -0.4 is 4.90 Å². The maximum absolute atomic E-state index is 6.37. The lowest BCUT2D eigenvalue weighted by molar-refractivity contribution is 0.262. The summed E-state index contributed by atoms with van der Waals surface area (Å²) < 4.78 is 6.37. The van der Waals surface area contributed by atoms with E-state index in [9.17, 15) is 0 Å². The number of anilines is 1. The summed E-state index contributed by atoms with van der Waals surface area (Å²) in [5.41, 5.74) is 0. The molecule has 0 amide bonds. The molecule has 0 saturated carbocycles. The first kappa shape index (κ1) is 15.4. The molecule has 1 unspecified atom stereocenters. The molecule has 1 aliphatic rings. The third-order valence-corrected chi connectivity index (χ3v) is 9.13. The van der Waals surface area contributed by atoms with Gasteiger partial charge in [-0.1, -0.05) is 20.8 Å². The number of nitrogens with zero attached hydrogens (tertiary/aromatic N) is 3. The Kier molecular flexibility index (Phi) is 4.49. The molecule has 0 spiro atoms. The van der Waals surface area contributed by atoms with Gasteiger partial charge in [0, 0.05) is 18.9 Å². The lowest BCUT2D eigenvalue weighted by Gasteiger charge is -2.38. The summed E-state index contributed by atoms with van der Waals surface area (Å²) in [6.45, 7) is 13.3. The van der Waals surface area contributed by atoms with E-state index in [1.807, 2.05) is 18.5 Å². The van der Waals surface area contributed by atoms with Gasteiger partial charge in [0.2, 0.25) is 5.95 Å². The van der Waals surface area contributed by atoms with Gasteiger partial charge in [0.25, 0.3) is 0 Å². The fraction of sp³-hybridized carbons (Fsp3) is 0.733. The molecule has 0 radical (unpaired) electrons. The molecular formula is C15H27N3OSi. The zero-order valence-electron chi connectivity index (χ0n) is 13.4. The van der Waals surface area contributed by atoms with Crippen LogP contribution in [0.3, 0.4) is 0 Å². The normalized spacial score (nSPS) is 20.4. The van der Waals surface area contributed by atoms with E-state index in [1.165, 1.54) is 12.8 Å². The van der Waals surface area contributed by atoms with E-state index in [1.54, 1.807) is 0 Å². The van der Waals surface area contributed by atoms with E-state index in [2.05, 4.69) is 48.7 Å². The van der Waals surface area contributed by atoms with Crippen molar-refractivity contribution >= 4 is 14.3 Å². The molecule has 1 aliphatic heterocycles. The summed E-state index contributed by atoms with van der Waals surface area (Å²) in [6, 6.07) is 2.28. The minimum Gasteiger partial charge on any atom is -0.415 e. The largest absolute Gasteiger partial charge is 0.415 e. The summed E-state index contributed by atoms with van der Waals surface area (Å²) in [5, 5.41) is 0.264. The second-order valence-corrected chi connectivity index (χ2v) is 11.9. The molecule has 5 heteroatoms. The standard InChI is InChI=1S/C15H27N3OSi/c1-15(2,3)20(4,5)19-12-13-8-6-11-18(13)14-16-9-7-10-17-14/h7,9-10,13H,6,8,11-12H2,1-5H3. The minimum absolute atomic E-state index is 0.264. The third-order valence-electron chi connectivity index (χ3n) is 4.63. The van der Waals surface area contributed by atoms with Crippen LogP contribution in [0.5, 0.6) is 0 Å². The van der Waals surface area contributed by atoms with Crippen LogP contribution in [0.1, 0.15) is 33.6 Å². The van der Waals surface area contributed by atoms with Crippen LogP contribution in [0.4, 0.5) is 5.95 Å². The van der Waals surface area contributed by atoms with Crippen molar-refractivity contribution in [3.8, 4) is 0 Å². The first-order chi connectivity index (χ1) is 9.31. The number of aromatic nitrogens is 2. The quantitative estimate of drug-likeness (QED) is 0.797. The maximum atomic E-state index is 6.37. The number of hydrogen-bond acceptors (Lipinski definition) is 4. The summed E-state index contributed by atoms with van der Waals surface area (Å²) in [5.74, 6) is 0.842. The van der Waals surface area contributed by atoms with E-state index in [-0.39, 0.29) is 5.04 Å². The van der Waals surface area contributed by atoms with Crippen molar-refractivity contribution in [1.29, 1.82) is 0 Å². The minimum atomic E-state index is -1.67. The molecule has 1 saturated heterocycles. The van der Waals surface area contributed by atoms with Crippen LogP contribution in [0, 0.1) is 0 Å². The molecular weight excluding hydrogens is 266 g/mol. The topological polar surface area (TPSA) is 38.2 Å². The summed E-state index contributed by atoms with van der Waals surface area (Å²) >= 11 is 0. The molecule has 1 aromatic rings. The highest BCUT2D eigenvalue weighted by atomic mass is 28.4. The van der Waals surface area contributed by atoms with Gasteiger partial charge in [-0.15, -0.1) is 0 Å². The van der Waals surface area contributed by atoms with Crippen molar-refractivity contribution in [3.05, 3.63) is 18.5 Å². The molecule has 4 nitrogen and oxygen atoms in total. The van der Waals surface area contributed by atoms with Gasteiger partial charge in [-0.25, -0.2) is 9.97 Å². The van der Waals surface area contributed by atoms with Crippen molar-refractivity contribution < 1.29 is 4.43 Å². The summed E-state index contributed by atoms with van der Waals surface area (Å²) in [7, 11) is -1.67. The molecule has 2 rings (SSSR count). The molecule has 20 heavy (non-hydrogen) atoms. The highest BCUT2D eigenvalue weighted by molar-refractivity contribution is 6.74. The third kappa shape index (κ3) is 3.38. The average Bonchev–Trinajstić information content (AvgIpc) is 2.84. The Bertz CT molecular complexity index is 430. The van der Waals surface area contributed by atoms with E-state index in [0.717, 1.165) is 19.1 Å². The van der Waals surface area contributed by atoms with Gasteiger partial charge in [-0.05, 0) is 37.0 Å². The van der Waals surface area contributed by atoms with Crippen LogP contribution in [0.15, 0.2) is 18.5 Å². The second-order valence-electron chi connectivity index (χ2n) is 7.11. The maximum Gasteiger partial charge on any atom is 0.225 e. The van der Waals surface area contributed by atoms with Crippen molar-refractivity contribution in [2.24, 2.45) is 0 Å². The fourth-order valence-corrected chi connectivity index (χ4v) is 3.27. The van der Waals surface area contributed by atoms with Crippen LogP contribution in [-0.4, -0.2) is 37.5 Å². The molecule has 112 valence electrons. The SMILES string of the molecule is CC(C)(C)[Si](C)(C)OCC1CCCN1c1ncccn1. The Balaban J connectivity index is 1.99.